The van der Waals surface area contributed by atoms with Crippen LogP contribution in [0, 0.1) is 0 Å². The molecule has 3 rings (SSSR count). The van der Waals surface area contributed by atoms with E-state index in [0.717, 1.165) is 42.0 Å². The topological polar surface area (TPSA) is 40.5 Å². The second-order valence-corrected chi connectivity index (χ2v) is 7.95. The molecule has 4 heteroatoms. The van der Waals surface area contributed by atoms with Gasteiger partial charge in [-0.1, -0.05) is 43.0 Å². The van der Waals surface area contributed by atoms with E-state index in [1.807, 2.05) is 25.4 Å². The maximum Gasteiger partial charge on any atom is 0.0765 e. The third-order valence-corrected chi connectivity index (χ3v) is 5.83. The minimum atomic E-state index is 0.113. The number of hydrogen-bond donors (Lipinski definition) is 1. The van der Waals surface area contributed by atoms with Crippen LogP contribution < -0.4 is 10.2 Å². The molecule has 0 fully saturated rings. The number of hydrogen-bond acceptors (Lipinski definition) is 4. The van der Waals surface area contributed by atoms with E-state index in [4.69, 9.17) is 4.99 Å². The van der Waals surface area contributed by atoms with Gasteiger partial charge in [0.15, 0.2) is 0 Å². The number of rotatable bonds is 9. The number of aliphatic imine (C=N–C) groups is 1. The third-order valence-electron chi connectivity index (χ3n) is 5.83. The molecule has 2 aromatic rings. The molecule has 0 amide bonds. The number of allylic oxidation sites excluding steroid dienone is 2. The highest BCUT2D eigenvalue weighted by Crippen LogP contribution is 2.38. The van der Waals surface area contributed by atoms with Gasteiger partial charge in [0.2, 0.25) is 0 Å². The molecular formula is C26H32N4. The molecule has 4 nitrogen and oxygen atoms in total. The molecule has 2 heterocycles. The summed E-state index contributed by atoms with van der Waals surface area (Å²) in [6, 6.07) is 10.7. The molecule has 1 aliphatic rings. The number of pyridine rings is 1. The Morgan fingerprint density at radius 2 is 2.00 bits per heavy atom. The molecule has 1 aliphatic heterocycles. The fourth-order valence-electron chi connectivity index (χ4n) is 4.12. The smallest absolute Gasteiger partial charge is 0.0765 e. The van der Waals surface area contributed by atoms with Crippen LogP contribution in [0.4, 0.5) is 11.4 Å². The van der Waals surface area contributed by atoms with Crippen LogP contribution in [-0.4, -0.2) is 30.8 Å². The molecule has 0 bridgehead atoms. The van der Waals surface area contributed by atoms with Crippen molar-refractivity contribution in [1.29, 1.82) is 0 Å². The van der Waals surface area contributed by atoms with Crippen molar-refractivity contribution < 1.29 is 0 Å². The second kappa shape index (κ2) is 9.57. The van der Waals surface area contributed by atoms with Gasteiger partial charge in [-0.15, -0.1) is 6.58 Å². The molecule has 30 heavy (non-hydrogen) atoms. The molecule has 2 atom stereocenters. The summed E-state index contributed by atoms with van der Waals surface area (Å²) in [5, 5.41) is 3.21. The Balaban J connectivity index is 1.90. The summed E-state index contributed by atoms with van der Waals surface area (Å²) in [5.41, 5.74) is 7.78. The second-order valence-electron chi connectivity index (χ2n) is 7.95. The molecule has 0 saturated carbocycles. The summed E-state index contributed by atoms with van der Waals surface area (Å²) in [6.07, 6.45) is 8.30. The van der Waals surface area contributed by atoms with Crippen molar-refractivity contribution in [2.75, 3.05) is 24.3 Å². The number of nitrogens with one attached hydrogen (secondary N) is 1. The van der Waals surface area contributed by atoms with Gasteiger partial charge in [0.05, 0.1) is 29.3 Å². The van der Waals surface area contributed by atoms with Gasteiger partial charge < -0.3 is 10.2 Å². The van der Waals surface area contributed by atoms with E-state index >= 15 is 0 Å². The van der Waals surface area contributed by atoms with Gasteiger partial charge >= 0.3 is 0 Å². The van der Waals surface area contributed by atoms with Crippen molar-refractivity contribution in [2.24, 2.45) is 4.99 Å². The van der Waals surface area contributed by atoms with Gasteiger partial charge in [-0.3, -0.25) is 9.98 Å². The molecule has 2 unspecified atom stereocenters. The number of benzene rings is 1. The summed E-state index contributed by atoms with van der Waals surface area (Å²) in [5.74, 6) is 0.327. The normalized spacial score (nSPS) is 17.5. The minimum absolute atomic E-state index is 0.113. The van der Waals surface area contributed by atoms with Gasteiger partial charge in [0.1, 0.15) is 0 Å². The molecule has 0 radical (unpaired) electrons. The predicted octanol–water partition coefficient (Wildman–Crippen LogP) is 5.96. The number of anilines is 2. The Kier molecular flexibility index (Phi) is 6.88. The average Bonchev–Trinajstić information content (AvgIpc) is 2.77. The first-order chi connectivity index (χ1) is 14.5. The van der Waals surface area contributed by atoms with Crippen LogP contribution in [0.1, 0.15) is 43.2 Å². The fraction of sp³-hybridized carbons (Fsp3) is 0.308. The zero-order chi connectivity index (χ0) is 21.7. The Morgan fingerprint density at radius 3 is 2.70 bits per heavy atom. The highest BCUT2D eigenvalue weighted by Gasteiger charge is 2.31. The van der Waals surface area contributed by atoms with Crippen LogP contribution in [0.25, 0.3) is 0 Å². The predicted molar refractivity (Wildman–Crippen MR) is 130 cm³/mol. The molecule has 0 spiro atoms. The number of fused-ring (bicyclic) bond motifs is 1. The van der Waals surface area contributed by atoms with Gasteiger partial charge in [-0.2, -0.15) is 0 Å². The summed E-state index contributed by atoms with van der Waals surface area (Å²) in [7, 11) is 3.96. The lowest BCUT2D eigenvalue weighted by Gasteiger charge is -2.34. The SMILES string of the molecule is C=CC1=NC(CC(=C)N(C)c2ccncc2NC)C(CCC(=C)C)c2ccccc21. The first kappa shape index (κ1) is 21.6. The molecule has 1 aromatic carbocycles. The molecule has 156 valence electrons. The minimum Gasteiger partial charge on any atom is -0.385 e. The first-order valence-electron chi connectivity index (χ1n) is 10.4. The molecule has 1 N–H and O–H groups in total. The standard InChI is InChI=1S/C26H32N4/c1-7-23-21-11-9-8-10-20(21)22(13-12-18(2)3)24(29-23)16-19(4)30(6)26-14-15-28-17-25(26)27-5/h7-11,14-15,17,22,24,27H,1-2,4,12-13,16H2,3,5-6H3. The monoisotopic (exact) mass is 400 g/mol. The third kappa shape index (κ3) is 4.54. The molecule has 0 aliphatic carbocycles. The summed E-state index contributed by atoms with van der Waals surface area (Å²) in [6.45, 7) is 14.6. The maximum absolute atomic E-state index is 5.11. The molecular weight excluding hydrogens is 368 g/mol. The lowest BCUT2D eigenvalue weighted by molar-refractivity contribution is 0.488. The highest BCUT2D eigenvalue weighted by molar-refractivity contribution is 6.10. The number of nitrogens with zero attached hydrogens (tertiary/aromatic N) is 3. The van der Waals surface area contributed by atoms with Crippen molar-refractivity contribution in [3.63, 3.8) is 0 Å². The van der Waals surface area contributed by atoms with E-state index in [1.165, 1.54) is 16.7 Å². The van der Waals surface area contributed by atoms with Crippen LogP contribution in [-0.2, 0) is 0 Å². The lowest BCUT2D eigenvalue weighted by atomic mass is 9.79. The molecule has 0 saturated heterocycles. The Morgan fingerprint density at radius 1 is 1.23 bits per heavy atom. The van der Waals surface area contributed by atoms with E-state index in [0.29, 0.717) is 5.92 Å². The largest absolute Gasteiger partial charge is 0.385 e. The lowest BCUT2D eigenvalue weighted by Crippen LogP contribution is -2.29. The van der Waals surface area contributed by atoms with E-state index in [1.54, 1.807) is 6.20 Å². The summed E-state index contributed by atoms with van der Waals surface area (Å²) < 4.78 is 0. The highest BCUT2D eigenvalue weighted by atomic mass is 15.1. The van der Waals surface area contributed by atoms with Crippen LogP contribution in [0.5, 0.6) is 0 Å². The van der Waals surface area contributed by atoms with Crippen molar-refractivity contribution >= 4 is 17.1 Å². The zero-order valence-corrected chi connectivity index (χ0v) is 18.4. The number of aromatic nitrogens is 1. The zero-order valence-electron chi connectivity index (χ0n) is 18.4. The quantitative estimate of drug-likeness (QED) is 0.528. The molecule has 1 aromatic heterocycles. The maximum atomic E-state index is 5.11. The Bertz CT molecular complexity index is 973. The van der Waals surface area contributed by atoms with E-state index in [-0.39, 0.29) is 6.04 Å². The summed E-state index contributed by atoms with van der Waals surface area (Å²) >= 11 is 0. The Hall–Kier alpha value is -3.14. The van der Waals surface area contributed by atoms with Gasteiger partial charge in [0.25, 0.3) is 0 Å². The van der Waals surface area contributed by atoms with E-state index < -0.39 is 0 Å². The summed E-state index contributed by atoms with van der Waals surface area (Å²) in [4.78, 5) is 11.5. The average molecular weight is 401 g/mol. The van der Waals surface area contributed by atoms with Crippen LogP contribution in [0.2, 0.25) is 0 Å². The Labute approximate surface area is 180 Å². The van der Waals surface area contributed by atoms with Crippen LogP contribution in [0.15, 0.2) is 84.8 Å². The van der Waals surface area contributed by atoms with Gasteiger partial charge in [-0.05, 0) is 37.5 Å². The van der Waals surface area contributed by atoms with Crippen molar-refractivity contribution in [1.82, 2.24) is 4.98 Å². The van der Waals surface area contributed by atoms with Crippen LogP contribution in [0.3, 0.4) is 0 Å². The van der Waals surface area contributed by atoms with Gasteiger partial charge in [0, 0.05) is 43.9 Å². The first-order valence-corrected chi connectivity index (χ1v) is 10.4. The van der Waals surface area contributed by atoms with Crippen LogP contribution >= 0.6 is 0 Å². The van der Waals surface area contributed by atoms with E-state index in [9.17, 15) is 0 Å². The van der Waals surface area contributed by atoms with Gasteiger partial charge in [-0.25, -0.2) is 0 Å². The van der Waals surface area contributed by atoms with E-state index in [2.05, 4.69) is 73.2 Å². The fourth-order valence-corrected chi connectivity index (χ4v) is 4.12. The van der Waals surface area contributed by atoms with Crippen molar-refractivity contribution in [2.45, 2.75) is 38.1 Å². The van der Waals surface area contributed by atoms with Crippen molar-refractivity contribution in [3.05, 3.63) is 90.9 Å². The van der Waals surface area contributed by atoms with Crippen molar-refractivity contribution in [3.8, 4) is 0 Å².